The largest absolute Gasteiger partial charge is 0.480 e. The first-order chi connectivity index (χ1) is 16.7. The highest BCUT2D eigenvalue weighted by Gasteiger charge is 2.50. The molecule has 11 heteroatoms. The lowest BCUT2D eigenvalue weighted by molar-refractivity contribution is -0.148. The number of alkyl halides is 2. The van der Waals surface area contributed by atoms with Crippen molar-refractivity contribution in [1.29, 1.82) is 0 Å². The second-order valence-electron chi connectivity index (χ2n) is 8.39. The number of ether oxygens (including phenoxy) is 1. The topological polar surface area (TPSA) is 125 Å². The van der Waals surface area contributed by atoms with E-state index in [1.54, 1.807) is 0 Å². The number of carbonyl (C=O) groups is 4. The highest BCUT2D eigenvalue weighted by atomic mass is 19.3. The van der Waals surface area contributed by atoms with Crippen LogP contribution in [0.1, 0.15) is 23.5 Å². The molecule has 1 saturated heterocycles. The molecule has 2 aliphatic rings. The molecular weight excluding hydrogens is 464 g/mol. The molecule has 0 saturated carbocycles. The lowest BCUT2D eigenvalue weighted by Crippen LogP contribution is -2.47. The number of carbonyl (C=O) groups excluding carboxylic acids is 3. The van der Waals surface area contributed by atoms with E-state index in [4.69, 9.17) is 9.84 Å². The van der Waals surface area contributed by atoms with Crippen LogP contribution in [0.3, 0.4) is 0 Å². The molecule has 4 rings (SSSR count). The standard InChI is InChI=1S/C24H23F2N3O6/c25-24(26)9-19(22(32)33)29(13-24)21(31)11-27-20(30)10-28-23(34)35-12-18-16-7-3-1-5-14(16)15-6-2-4-8-17(15)18/h1-8,18-19H,9-13H2,(H,27,30)(H,28,34)(H,32,33)/t19-/m0/s1. The molecule has 2 aromatic rings. The predicted octanol–water partition coefficient (Wildman–Crippen LogP) is 1.96. The molecule has 3 amide bonds. The average Bonchev–Trinajstić information content (AvgIpc) is 3.34. The van der Waals surface area contributed by atoms with E-state index >= 15 is 0 Å². The minimum atomic E-state index is -3.31. The van der Waals surface area contributed by atoms with Gasteiger partial charge in [-0.05, 0) is 22.3 Å². The molecule has 2 aromatic carbocycles. The number of fused-ring (bicyclic) bond motifs is 3. The fraction of sp³-hybridized carbons (Fsp3) is 0.333. The van der Waals surface area contributed by atoms with Crippen molar-refractivity contribution in [2.75, 3.05) is 26.2 Å². The molecule has 0 spiro atoms. The van der Waals surface area contributed by atoms with E-state index in [1.165, 1.54) is 0 Å². The van der Waals surface area contributed by atoms with Crippen molar-refractivity contribution >= 4 is 23.9 Å². The van der Waals surface area contributed by atoms with Gasteiger partial charge in [-0.1, -0.05) is 48.5 Å². The van der Waals surface area contributed by atoms with E-state index < -0.39 is 61.9 Å². The predicted molar refractivity (Wildman–Crippen MR) is 119 cm³/mol. The van der Waals surface area contributed by atoms with Gasteiger partial charge in [-0.15, -0.1) is 0 Å². The molecule has 9 nitrogen and oxygen atoms in total. The van der Waals surface area contributed by atoms with Crippen molar-refractivity contribution < 1.29 is 37.8 Å². The molecule has 35 heavy (non-hydrogen) atoms. The number of carboxylic acid groups (broad SMARTS) is 1. The second kappa shape index (κ2) is 9.69. The first kappa shape index (κ1) is 24.1. The Bertz CT molecular complexity index is 1130. The Hall–Kier alpha value is -4.02. The normalized spacial score (nSPS) is 17.9. The highest BCUT2D eigenvalue weighted by Crippen LogP contribution is 2.44. The van der Waals surface area contributed by atoms with E-state index in [1.807, 2.05) is 48.5 Å². The molecule has 1 fully saturated rings. The molecule has 0 radical (unpaired) electrons. The Morgan fingerprint density at radius 3 is 2.17 bits per heavy atom. The number of hydrogen-bond donors (Lipinski definition) is 3. The summed E-state index contributed by atoms with van der Waals surface area (Å²) in [6.07, 6.45) is -1.82. The molecule has 1 heterocycles. The molecular formula is C24H23F2N3O6. The molecule has 1 atom stereocenters. The minimum Gasteiger partial charge on any atom is -0.480 e. The number of halogens is 2. The monoisotopic (exact) mass is 487 g/mol. The van der Waals surface area contributed by atoms with Crippen molar-refractivity contribution in [3.05, 3.63) is 59.7 Å². The Balaban J connectivity index is 1.24. The van der Waals surface area contributed by atoms with Crippen LogP contribution in [-0.2, 0) is 19.1 Å². The number of likely N-dealkylation sites (tertiary alicyclic amines) is 1. The van der Waals surface area contributed by atoms with E-state index in [-0.39, 0.29) is 12.5 Å². The molecule has 0 bridgehead atoms. The molecule has 3 N–H and O–H groups in total. The van der Waals surface area contributed by atoms with E-state index in [2.05, 4.69) is 10.6 Å². The summed E-state index contributed by atoms with van der Waals surface area (Å²) in [7, 11) is 0. The van der Waals surface area contributed by atoms with E-state index in [9.17, 15) is 28.0 Å². The van der Waals surface area contributed by atoms with Crippen molar-refractivity contribution in [1.82, 2.24) is 15.5 Å². The molecule has 1 aliphatic carbocycles. The zero-order chi connectivity index (χ0) is 25.2. The summed E-state index contributed by atoms with van der Waals surface area (Å²) < 4.78 is 32.3. The van der Waals surface area contributed by atoms with Gasteiger partial charge in [-0.2, -0.15) is 0 Å². The molecule has 184 valence electrons. The number of hydrogen-bond acceptors (Lipinski definition) is 5. The summed E-state index contributed by atoms with van der Waals surface area (Å²) in [6, 6.07) is 14.0. The number of amides is 3. The molecule has 1 aliphatic heterocycles. The Morgan fingerprint density at radius 1 is 0.971 bits per heavy atom. The Labute approximate surface area is 199 Å². The van der Waals surface area contributed by atoms with Gasteiger partial charge in [0.25, 0.3) is 5.92 Å². The Kier molecular flexibility index (Phi) is 6.68. The van der Waals surface area contributed by atoms with Crippen molar-refractivity contribution in [2.45, 2.75) is 24.3 Å². The average molecular weight is 487 g/mol. The summed E-state index contributed by atoms with van der Waals surface area (Å²) in [6.45, 7) is -2.16. The lowest BCUT2D eigenvalue weighted by atomic mass is 9.98. The number of nitrogens with one attached hydrogen (secondary N) is 2. The highest BCUT2D eigenvalue weighted by molar-refractivity contribution is 5.90. The van der Waals surface area contributed by atoms with Gasteiger partial charge in [0.05, 0.1) is 13.1 Å². The van der Waals surface area contributed by atoms with Gasteiger partial charge in [0.1, 0.15) is 19.2 Å². The maximum absolute atomic E-state index is 13.5. The van der Waals surface area contributed by atoms with Crippen LogP contribution in [0.2, 0.25) is 0 Å². The number of carboxylic acids is 1. The number of rotatable bonds is 7. The van der Waals surface area contributed by atoms with Crippen LogP contribution in [0.4, 0.5) is 13.6 Å². The van der Waals surface area contributed by atoms with Gasteiger partial charge in [-0.25, -0.2) is 18.4 Å². The fourth-order valence-corrected chi connectivity index (χ4v) is 4.44. The zero-order valence-corrected chi connectivity index (χ0v) is 18.5. The van der Waals surface area contributed by atoms with Crippen LogP contribution in [0.5, 0.6) is 0 Å². The third-order valence-electron chi connectivity index (χ3n) is 6.05. The third kappa shape index (κ3) is 5.23. The maximum atomic E-state index is 13.5. The Morgan fingerprint density at radius 2 is 1.57 bits per heavy atom. The smallest absolute Gasteiger partial charge is 0.407 e. The molecule has 0 unspecified atom stereocenters. The van der Waals surface area contributed by atoms with Gasteiger partial charge in [0, 0.05) is 12.3 Å². The lowest BCUT2D eigenvalue weighted by Gasteiger charge is -2.21. The quantitative estimate of drug-likeness (QED) is 0.549. The summed E-state index contributed by atoms with van der Waals surface area (Å²) in [4.78, 5) is 47.9. The van der Waals surface area contributed by atoms with Gasteiger partial charge < -0.3 is 25.4 Å². The van der Waals surface area contributed by atoms with Crippen LogP contribution < -0.4 is 10.6 Å². The summed E-state index contributed by atoms with van der Waals surface area (Å²) in [5.74, 6) is -6.72. The SMILES string of the molecule is O=C(CNC(=O)OCC1c2ccccc2-c2ccccc21)NCC(=O)N1CC(F)(F)C[C@H]1C(=O)O. The maximum Gasteiger partial charge on any atom is 0.407 e. The first-order valence-corrected chi connectivity index (χ1v) is 10.9. The minimum absolute atomic E-state index is 0.0553. The third-order valence-corrected chi connectivity index (χ3v) is 6.05. The summed E-state index contributed by atoms with van der Waals surface area (Å²) in [5, 5.41) is 13.5. The van der Waals surface area contributed by atoms with Gasteiger partial charge in [0.2, 0.25) is 11.8 Å². The molecule has 0 aromatic heterocycles. The number of alkyl carbamates (subject to hydrolysis) is 1. The van der Waals surface area contributed by atoms with Crippen LogP contribution in [-0.4, -0.2) is 72.1 Å². The van der Waals surface area contributed by atoms with E-state index in [0.29, 0.717) is 4.90 Å². The van der Waals surface area contributed by atoms with Crippen LogP contribution in [0, 0.1) is 0 Å². The van der Waals surface area contributed by atoms with Crippen LogP contribution >= 0.6 is 0 Å². The summed E-state index contributed by atoms with van der Waals surface area (Å²) >= 11 is 0. The fourth-order valence-electron chi connectivity index (χ4n) is 4.44. The van der Waals surface area contributed by atoms with Gasteiger partial charge >= 0.3 is 12.1 Å². The second-order valence-corrected chi connectivity index (χ2v) is 8.39. The zero-order valence-electron chi connectivity index (χ0n) is 18.5. The summed E-state index contributed by atoms with van der Waals surface area (Å²) in [5.41, 5.74) is 4.21. The van der Waals surface area contributed by atoms with Crippen molar-refractivity contribution in [2.24, 2.45) is 0 Å². The number of aliphatic carboxylic acids is 1. The van der Waals surface area contributed by atoms with Gasteiger partial charge in [-0.3, -0.25) is 9.59 Å². The van der Waals surface area contributed by atoms with Gasteiger partial charge in [0.15, 0.2) is 0 Å². The first-order valence-electron chi connectivity index (χ1n) is 10.9. The van der Waals surface area contributed by atoms with Crippen LogP contribution in [0.25, 0.3) is 11.1 Å². The van der Waals surface area contributed by atoms with E-state index in [0.717, 1.165) is 22.3 Å². The number of nitrogens with zero attached hydrogens (tertiary/aromatic N) is 1. The van der Waals surface area contributed by atoms with Crippen LogP contribution in [0.15, 0.2) is 48.5 Å². The number of benzene rings is 2. The van der Waals surface area contributed by atoms with Crippen molar-refractivity contribution in [3.8, 4) is 11.1 Å². The van der Waals surface area contributed by atoms with Crippen molar-refractivity contribution in [3.63, 3.8) is 0 Å².